The van der Waals surface area contributed by atoms with E-state index in [1.165, 1.54) is 24.8 Å². The van der Waals surface area contributed by atoms with Gasteiger partial charge in [0.15, 0.2) is 5.78 Å². The molecule has 4 aliphatic carbocycles. The zero-order valence-corrected chi connectivity index (χ0v) is 15.1. The molecule has 0 amide bonds. The monoisotopic (exact) mass is 339 g/mol. The number of carbonyl (C=O) groups excluding carboxylic acids is 1. The van der Waals surface area contributed by atoms with Gasteiger partial charge in [0.25, 0.3) is 0 Å². The van der Waals surface area contributed by atoms with Gasteiger partial charge in [0.1, 0.15) is 0 Å². The van der Waals surface area contributed by atoms with Crippen molar-refractivity contribution >= 4 is 5.78 Å². The van der Waals surface area contributed by atoms with Gasteiger partial charge in [0.2, 0.25) is 0 Å². The van der Waals surface area contributed by atoms with Crippen molar-refractivity contribution in [1.82, 2.24) is 4.90 Å². The average Bonchev–Trinajstić information content (AvgIpc) is 2.62. The van der Waals surface area contributed by atoms with Crippen LogP contribution in [0.2, 0.25) is 0 Å². The van der Waals surface area contributed by atoms with Crippen LogP contribution in [0.1, 0.15) is 44.1 Å². The van der Waals surface area contributed by atoms with Crippen LogP contribution in [-0.2, 0) is 14.9 Å². The van der Waals surface area contributed by atoms with E-state index >= 15 is 0 Å². The Morgan fingerprint density at radius 1 is 1.04 bits per heavy atom. The van der Waals surface area contributed by atoms with Crippen molar-refractivity contribution in [1.29, 1.82) is 0 Å². The number of ketones is 1. The summed E-state index contributed by atoms with van der Waals surface area (Å²) in [5.74, 6) is 2.05. The van der Waals surface area contributed by atoms with Crippen molar-refractivity contribution in [2.45, 2.75) is 43.9 Å². The van der Waals surface area contributed by atoms with E-state index in [2.05, 4.69) is 35.2 Å². The maximum atomic E-state index is 13.5. The summed E-state index contributed by atoms with van der Waals surface area (Å²) in [5.41, 5.74) is 1.72. The summed E-state index contributed by atoms with van der Waals surface area (Å²) in [6.45, 7) is 4.03. The highest BCUT2D eigenvalue weighted by Gasteiger charge is 2.60. The Balaban J connectivity index is 1.43. The predicted octanol–water partition coefficient (Wildman–Crippen LogP) is 3.43. The van der Waals surface area contributed by atoms with Crippen molar-refractivity contribution < 1.29 is 9.53 Å². The third-order valence-electron chi connectivity index (χ3n) is 7.51. The van der Waals surface area contributed by atoms with E-state index in [1.807, 2.05) is 0 Å². The van der Waals surface area contributed by atoms with Gasteiger partial charge >= 0.3 is 0 Å². The van der Waals surface area contributed by atoms with Crippen LogP contribution < -0.4 is 0 Å². The molecule has 0 spiro atoms. The number of hydrogen-bond acceptors (Lipinski definition) is 3. The van der Waals surface area contributed by atoms with Crippen LogP contribution in [0.3, 0.4) is 0 Å². The average molecular weight is 339 g/mol. The van der Waals surface area contributed by atoms with E-state index in [0.717, 1.165) is 57.4 Å². The zero-order chi connectivity index (χ0) is 16.9. The van der Waals surface area contributed by atoms with E-state index in [0.29, 0.717) is 12.3 Å². The van der Waals surface area contributed by atoms with Crippen LogP contribution >= 0.6 is 0 Å². The van der Waals surface area contributed by atoms with Gasteiger partial charge in [-0.1, -0.05) is 30.3 Å². The maximum absolute atomic E-state index is 13.5. The third-order valence-corrected chi connectivity index (χ3v) is 7.51. The molecule has 0 aromatic heterocycles. The van der Waals surface area contributed by atoms with E-state index in [-0.39, 0.29) is 10.8 Å². The highest BCUT2D eigenvalue weighted by atomic mass is 16.5. The molecule has 134 valence electrons. The van der Waals surface area contributed by atoms with Crippen molar-refractivity contribution in [3.8, 4) is 0 Å². The molecule has 5 aliphatic rings. The molecular weight excluding hydrogens is 310 g/mol. The predicted molar refractivity (Wildman–Crippen MR) is 97.5 cm³/mol. The van der Waals surface area contributed by atoms with Crippen molar-refractivity contribution in [3.63, 3.8) is 0 Å². The fraction of sp³-hybridized carbons (Fsp3) is 0.682. The first-order valence-electron chi connectivity index (χ1n) is 10.1. The number of carbonyl (C=O) groups is 1. The van der Waals surface area contributed by atoms with Gasteiger partial charge in [0, 0.05) is 18.5 Å². The van der Waals surface area contributed by atoms with Gasteiger partial charge < -0.3 is 4.74 Å². The third kappa shape index (κ3) is 2.67. The molecule has 1 aromatic carbocycles. The number of morpholine rings is 1. The Labute approximate surface area is 150 Å². The minimum atomic E-state index is -0.0434. The van der Waals surface area contributed by atoms with E-state index in [4.69, 9.17) is 4.74 Å². The number of rotatable bonds is 4. The van der Waals surface area contributed by atoms with Gasteiger partial charge in [-0.05, 0) is 61.3 Å². The lowest BCUT2D eigenvalue weighted by atomic mass is 9.42. The topological polar surface area (TPSA) is 29.5 Å². The Morgan fingerprint density at radius 3 is 2.40 bits per heavy atom. The molecule has 0 N–H and O–H groups in total. The quantitative estimate of drug-likeness (QED) is 0.842. The molecule has 1 saturated heterocycles. The fourth-order valence-corrected chi connectivity index (χ4v) is 6.85. The molecule has 3 heteroatoms. The summed E-state index contributed by atoms with van der Waals surface area (Å²) in [4.78, 5) is 15.8. The number of nitrogens with zero attached hydrogens (tertiary/aromatic N) is 1. The summed E-state index contributed by atoms with van der Waals surface area (Å²) in [6.07, 6.45) is 7.38. The number of hydrogen-bond donors (Lipinski definition) is 0. The van der Waals surface area contributed by atoms with Crippen LogP contribution in [0.5, 0.6) is 0 Å². The van der Waals surface area contributed by atoms with Crippen LogP contribution in [-0.4, -0.2) is 43.5 Å². The minimum absolute atomic E-state index is 0.0434. The van der Waals surface area contributed by atoms with Crippen LogP contribution in [0.4, 0.5) is 0 Å². The van der Waals surface area contributed by atoms with Gasteiger partial charge in [-0.2, -0.15) is 0 Å². The van der Waals surface area contributed by atoms with Crippen molar-refractivity contribution in [2.75, 3.05) is 32.8 Å². The number of Topliss-reactive ketones (excluding diaryl/α,β-unsaturated/α-hetero) is 1. The van der Waals surface area contributed by atoms with Crippen LogP contribution in [0.25, 0.3) is 0 Å². The SMILES string of the molecule is O=C(CN1CCOCC1)C12C[C@H]3C[C@H](C1)CC(c1ccccc1)(C3)C2. The summed E-state index contributed by atoms with van der Waals surface area (Å²) >= 11 is 0. The lowest BCUT2D eigenvalue weighted by Gasteiger charge is -2.62. The molecule has 5 fully saturated rings. The van der Waals surface area contributed by atoms with Crippen molar-refractivity contribution in [3.05, 3.63) is 35.9 Å². The Hall–Kier alpha value is -1.19. The molecular formula is C22H29NO2. The Kier molecular flexibility index (Phi) is 3.79. The van der Waals surface area contributed by atoms with Gasteiger partial charge in [0.05, 0.1) is 19.8 Å². The minimum Gasteiger partial charge on any atom is -0.379 e. The standard InChI is InChI=1S/C22H29NO2/c24-20(15-23-6-8-25-9-7-23)22-13-17-10-18(14-22)12-21(11-17,16-22)19-4-2-1-3-5-19/h1-5,17-18H,6-16H2/t17-,18-,21?,22?/m0/s1. The lowest BCUT2D eigenvalue weighted by molar-refractivity contribution is -0.148. The molecule has 1 heterocycles. The van der Waals surface area contributed by atoms with Gasteiger partial charge in [-0.3, -0.25) is 9.69 Å². The zero-order valence-electron chi connectivity index (χ0n) is 15.1. The van der Waals surface area contributed by atoms with Crippen molar-refractivity contribution in [2.24, 2.45) is 17.3 Å². The highest BCUT2D eigenvalue weighted by molar-refractivity contribution is 5.87. The fourth-order valence-electron chi connectivity index (χ4n) is 6.85. The first-order valence-corrected chi connectivity index (χ1v) is 10.1. The van der Waals surface area contributed by atoms with E-state index < -0.39 is 0 Å². The molecule has 2 atom stereocenters. The van der Waals surface area contributed by atoms with Crippen LogP contribution in [0.15, 0.2) is 30.3 Å². The first-order chi connectivity index (χ1) is 12.2. The molecule has 6 rings (SSSR count). The van der Waals surface area contributed by atoms with E-state index in [9.17, 15) is 4.79 Å². The first kappa shape index (κ1) is 16.0. The molecule has 4 bridgehead atoms. The lowest BCUT2D eigenvalue weighted by Crippen LogP contribution is -2.58. The molecule has 3 nitrogen and oxygen atoms in total. The largest absolute Gasteiger partial charge is 0.379 e. The molecule has 0 unspecified atom stereocenters. The number of ether oxygens (including phenoxy) is 1. The normalized spacial score (nSPS) is 40.3. The second-order valence-corrected chi connectivity index (χ2v) is 9.20. The van der Waals surface area contributed by atoms with Gasteiger partial charge in [-0.25, -0.2) is 0 Å². The molecule has 1 aromatic rings. The molecule has 1 aliphatic heterocycles. The summed E-state index contributed by atoms with van der Waals surface area (Å²) in [7, 11) is 0. The molecule has 25 heavy (non-hydrogen) atoms. The second-order valence-electron chi connectivity index (χ2n) is 9.20. The van der Waals surface area contributed by atoms with Gasteiger partial charge in [-0.15, -0.1) is 0 Å². The van der Waals surface area contributed by atoms with E-state index in [1.54, 1.807) is 0 Å². The maximum Gasteiger partial charge on any atom is 0.153 e. The summed E-state index contributed by atoms with van der Waals surface area (Å²) in [6, 6.07) is 11.1. The smallest absolute Gasteiger partial charge is 0.153 e. The summed E-state index contributed by atoms with van der Waals surface area (Å²) in [5, 5.41) is 0. The number of benzene rings is 1. The van der Waals surface area contributed by atoms with Crippen LogP contribution in [0, 0.1) is 17.3 Å². The summed E-state index contributed by atoms with van der Waals surface area (Å²) < 4.78 is 5.45. The highest BCUT2D eigenvalue weighted by Crippen LogP contribution is 2.66. The molecule has 4 saturated carbocycles. The Bertz CT molecular complexity index is 635. The Morgan fingerprint density at radius 2 is 1.72 bits per heavy atom. The second kappa shape index (κ2) is 5.92. The molecule has 0 radical (unpaired) electrons.